The van der Waals surface area contributed by atoms with Gasteiger partial charge in [0.15, 0.2) is 0 Å². The molecule has 0 aliphatic rings. The average molecular weight is 794 g/mol. The number of phenols is 1. The number of fused-ring (bicyclic) bond motifs is 1. The molecular formula is C57H51N3O. The van der Waals surface area contributed by atoms with Gasteiger partial charge in [0.05, 0.1) is 28.0 Å². The summed E-state index contributed by atoms with van der Waals surface area (Å²) in [5.74, 6) is 1.36. The smallest absolute Gasteiger partial charge is 0.149 e. The summed E-state index contributed by atoms with van der Waals surface area (Å²) in [4.78, 5) is 10.6. The largest absolute Gasteiger partial charge is 0.507 e. The number of pyridine rings is 1. The van der Waals surface area contributed by atoms with E-state index in [1.165, 1.54) is 11.1 Å². The predicted octanol–water partition coefficient (Wildman–Crippen LogP) is 15.3. The Kier molecular flexibility index (Phi) is 10.9. The van der Waals surface area contributed by atoms with Crippen LogP contribution in [0.5, 0.6) is 5.75 Å². The Bertz CT molecular complexity index is 2980. The second-order valence-electron chi connectivity index (χ2n) is 16.7. The standard InChI is InChI=1S/C57H51N3O/c1-6-17-39-26-27-53(50(30-39)42-22-14-9-15-23-42)60-54-25-16-24-48(55(54)59-57(60)51-35-44(37(2)3)34-49(38(4)5)56(51)61)46-31-45(41-20-12-8-13-21-41)32-47(33-46)52-36-43(28-29-58-52)40-18-10-7-11-19-40/h7-16,18-38,61H,6,17H2,1-5H3. The Morgan fingerprint density at radius 3 is 1.85 bits per heavy atom. The first-order chi connectivity index (χ1) is 29.8. The van der Waals surface area contributed by atoms with E-state index in [2.05, 4.69) is 203 Å². The second-order valence-corrected chi connectivity index (χ2v) is 16.7. The van der Waals surface area contributed by atoms with E-state index >= 15 is 0 Å². The van der Waals surface area contributed by atoms with Crippen LogP contribution in [0.2, 0.25) is 0 Å². The Balaban J connectivity index is 1.34. The molecule has 300 valence electrons. The zero-order chi connectivity index (χ0) is 42.0. The molecule has 7 aromatic carbocycles. The fraction of sp³-hybridized carbons (Fsp3) is 0.158. The first kappa shape index (κ1) is 39.4. The summed E-state index contributed by atoms with van der Waals surface area (Å²) >= 11 is 0. The SMILES string of the molecule is CCCc1ccc(-n2c(-c3cc(C(C)C)cc(C(C)C)c3O)nc3c(-c4cc(-c5ccccc5)cc(-c5cc(-c6ccccc6)ccn5)c4)cccc32)c(-c2ccccc2)c1. The van der Waals surface area contributed by atoms with Crippen LogP contribution in [0.3, 0.4) is 0 Å². The molecule has 0 aliphatic carbocycles. The molecule has 0 aliphatic heterocycles. The third-order valence-electron chi connectivity index (χ3n) is 11.8. The maximum absolute atomic E-state index is 12.3. The Morgan fingerprint density at radius 2 is 1.18 bits per heavy atom. The van der Waals surface area contributed by atoms with Crippen LogP contribution >= 0.6 is 0 Å². The summed E-state index contributed by atoms with van der Waals surface area (Å²) in [6.45, 7) is 10.9. The molecule has 9 rings (SSSR count). The van der Waals surface area contributed by atoms with E-state index in [-0.39, 0.29) is 17.6 Å². The first-order valence-corrected chi connectivity index (χ1v) is 21.6. The normalized spacial score (nSPS) is 11.5. The minimum absolute atomic E-state index is 0.118. The van der Waals surface area contributed by atoms with Gasteiger partial charge in [-0.15, -0.1) is 0 Å². The minimum Gasteiger partial charge on any atom is -0.507 e. The van der Waals surface area contributed by atoms with E-state index in [0.717, 1.165) is 96.5 Å². The number of aryl methyl sites for hydroxylation is 1. The highest BCUT2D eigenvalue weighted by Crippen LogP contribution is 2.44. The Hall–Kier alpha value is -7.04. The fourth-order valence-corrected chi connectivity index (χ4v) is 8.58. The molecule has 4 nitrogen and oxygen atoms in total. The number of hydrogen-bond donors (Lipinski definition) is 1. The van der Waals surface area contributed by atoms with Gasteiger partial charge >= 0.3 is 0 Å². The molecule has 61 heavy (non-hydrogen) atoms. The van der Waals surface area contributed by atoms with Crippen LogP contribution in [0.4, 0.5) is 0 Å². The minimum atomic E-state index is 0.118. The van der Waals surface area contributed by atoms with Crippen molar-refractivity contribution >= 4 is 11.0 Å². The zero-order valence-corrected chi connectivity index (χ0v) is 35.6. The molecule has 4 heteroatoms. The molecule has 1 N–H and O–H groups in total. The molecule has 9 aromatic rings. The lowest BCUT2D eigenvalue weighted by Crippen LogP contribution is -2.03. The van der Waals surface area contributed by atoms with Crippen molar-refractivity contribution in [2.24, 2.45) is 0 Å². The van der Waals surface area contributed by atoms with Gasteiger partial charge in [0.25, 0.3) is 0 Å². The zero-order valence-electron chi connectivity index (χ0n) is 35.6. The van der Waals surface area contributed by atoms with Gasteiger partial charge in [0.2, 0.25) is 0 Å². The van der Waals surface area contributed by atoms with E-state index in [4.69, 9.17) is 9.97 Å². The maximum atomic E-state index is 12.3. The third kappa shape index (κ3) is 7.78. The molecule has 0 spiro atoms. The lowest BCUT2D eigenvalue weighted by atomic mass is 9.91. The summed E-state index contributed by atoms with van der Waals surface area (Å²) in [6.07, 6.45) is 3.95. The number of nitrogens with zero attached hydrogens (tertiary/aromatic N) is 3. The number of benzene rings is 7. The molecule has 0 atom stereocenters. The van der Waals surface area contributed by atoms with Crippen LogP contribution in [0.15, 0.2) is 176 Å². The highest BCUT2D eigenvalue weighted by Gasteiger charge is 2.25. The second kappa shape index (κ2) is 16.9. The monoisotopic (exact) mass is 793 g/mol. The van der Waals surface area contributed by atoms with Crippen LogP contribution in [0.25, 0.3) is 83.9 Å². The third-order valence-corrected chi connectivity index (χ3v) is 11.8. The summed E-state index contributed by atoms with van der Waals surface area (Å²) in [5, 5.41) is 12.3. The van der Waals surface area contributed by atoms with Crippen molar-refractivity contribution in [3.63, 3.8) is 0 Å². The van der Waals surface area contributed by atoms with Crippen LogP contribution in [0.1, 0.15) is 69.6 Å². The van der Waals surface area contributed by atoms with Gasteiger partial charge in [-0.05, 0) is 123 Å². The summed E-state index contributed by atoms with van der Waals surface area (Å²) in [7, 11) is 0. The van der Waals surface area contributed by atoms with Gasteiger partial charge in [0, 0.05) is 22.9 Å². The Morgan fingerprint density at radius 1 is 0.525 bits per heavy atom. The molecule has 0 saturated carbocycles. The van der Waals surface area contributed by atoms with Crippen LogP contribution in [0, 0.1) is 0 Å². The van der Waals surface area contributed by atoms with E-state index in [9.17, 15) is 5.11 Å². The molecule has 2 aromatic heterocycles. The van der Waals surface area contributed by atoms with E-state index in [1.807, 2.05) is 12.3 Å². The van der Waals surface area contributed by atoms with Crippen molar-refractivity contribution in [2.75, 3.05) is 0 Å². The average Bonchev–Trinajstić information content (AvgIpc) is 3.69. The first-order valence-electron chi connectivity index (χ1n) is 21.6. The van der Waals surface area contributed by atoms with Crippen molar-refractivity contribution in [3.05, 3.63) is 193 Å². The van der Waals surface area contributed by atoms with Crippen LogP contribution in [-0.4, -0.2) is 19.6 Å². The molecule has 0 bridgehead atoms. The number of phenolic OH excluding ortho intramolecular Hbond substituents is 1. The maximum Gasteiger partial charge on any atom is 0.149 e. The topological polar surface area (TPSA) is 50.9 Å². The molecule has 0 saturated heterocycles. The number of rotatable bonds is 11. The van der Waals surface area contributed by atoms with Crippen molar-refractivity contribution in [2.45, 2.75) is 59.3 Å². The van der Waals surface area contributed by atoms with Crippen molar-refractivity contribution in [3.8, 4) is 78.6 Å². The highest BCUT2D eigenvalue weighted by atomic mass is 16.3. The van der Waals surface area contributed by atoms with Gasteiger partial charge in [0.1, 0.15) is 11.6 Å². The summed E-state index contributed by atoms with van der Waals surface area (Å²) in [5.41, 5.74) is 17.7. The molecule has 2 heterocycles. The Labute approximate surface area is 359 Å². The molecule has 0 unspecified atom stereocenters. The van der Waals surface area contributed by atoms with E-state index in [1.54, 1.807) is 0 Å². The van der Waals surface area contributed by atoms with Gasteiger partial charge in [-0.1, -0.05) is 156 Å². The number of hydrogen-bond acceptors (Lipinski definition) is 3. The van der Waals surface area contributed by atoms with Crippen molar-refractivity contribution in [1.82, 2.24) is 14.5 Å². The fourth-order valence-electron chi connectivity index (χ4n) is 8.58. The molecule has 0 amide bonds. The number of aromatic hydroxyl groups is 1. The molecule has 0 fully saturated rings. The number of imidazole rings is 1. The van der Waals surface area contributed by atoms with Crippen LogP contribution < -0.4 is 0 Å². The van der Waals surface area contributed by atoms with Crippen molar-refractivity contribution in [1.29, 1.82) is 0 Å². The number of para-hydroxylation sites is 1. The van der Waals surface area contributed by atoms with Gasteiger partial charge in [-0.25, -0.2) is 4.98 Å². The van der Waals surface area contributed by atoms with Crippen LogP contribution in [-0.2, 0) is 6.42 Å². The van der Waals surface area contributed by atoms with E-state index in [0.29, 0.717) is 5.82 Å². The summed E-state index contributed by atoms with van der Waals surface area (Å²) in [6, 6.07) is 60.3. The van der Waals surface area contributed by atoms with Gasteiger partial charge < -0.3 is 5.11 Å². The van der Waals surface area contributed by atoms with E-state index < -0.39 is 0 Å². The lowest BCUT2D eigenvalue weighted by molar-refractivity contribution is 0.466. The lowest BCUT2D eigenvalue weighted by Gasteiger charge is -2.20. The molecular weight excluding hydrogens is 743 g/mol. The molecule has 0 radical (unpaired) electrons. The van der Waals surface area contributed by atoms with Gasteiger partial charge in [-0.2, -0.15) is 0 Å². The summed E-state index contributed by atoms with van der Waals surface area (Å²) < 4.78 is 2.28. The quantitative estimate of drug-likeness (QED) is 0.142. The predicted molar refractivity (Wildman–Crippen MR) is 255 cm³/mol. The van der Waals surface area contributed by atoms with Crippen molar-refractivity contribution < 1.29 is 5.11 Å². The number of aromatic nitrogens is 3. The van der Waals surface area contributed by atoms with Gasteiger partial charge in [-0.3, -0.25) is 9.55 Å². The highest BCUT2D eigenvalue weighted by molar-refractivity contribution is 5.98.